The quantitative estimate of drug-likeness (QED) is 0.534. The molecule has 51 valence electrons. The van der Waals surface area contributed by atoms with Gasteiger partial charge in [-0.15, -0.1) is 0 Å². The van der Waals surface area contributed by atoms with Crippen molar-refractivity contribution in [3.05, 3.63) is 23.8 Å². The first-order valence-corrected chi connectivity index (χ1v) is 2.92. The van der Waals surface area contributed by atoms with Crippen molar-refractivity contribution in [2.75, 3.05) is 0 Å². The van der Waals surface area contributed by atoms with Gasteiger partial charge >= 0.3 is 0 Å². The van der Waals surface area contributed by atoms with Crippen LogP contribution in [0.5, 0.6) is 0 Å². The van der Waals surface area contributed by atoms with Crippen LogP contribution in [-0.4, -0.2) is 15.8 Å². The van der Waals surface area contributed by atoms with Crippen LogP contribution in [0.4, 0.5) is 0 Å². The molecule has 0 amide bonds. The van der Waals surface area contributed by atoms with Crippen LogP contribution in [0.2, 0.25) is 0 Å². The maximum atomic E-state index is 10.8. The monoisotopic (exact) mass is 135 g/mol. The topological polar surface area (TPSA) is 42.9 Å². The highest BCUT2D eigenvalue weighted by Crippen LogP contribution is 2.00. The van der Waals surface area contributed by atoms with Gasteiger partial charge in [-0.1, -0.05) is 0 Å². The Balaban J connectivity index is 3.15. The number of ketones is 1. The van der Waals surface area contributed by atoms with E-state index in [4.69, 9.17) is 0 Å². The molecule has 1 heterocycles. The third kappa shape index (κ3) is 1.18. The minimum absolute atomic E-state index is 0.00787. The first-order valence-electron chi connectivity index (χ1n) is 2.92. The fraction of sp³-hybridized carbons (Fsp3) is 0.286. The van der Waals surface area contributed by atoms with Crippen molar-refractivity contribution in [1.29, 1.82) is 0 Å². The van der Waals surface area contributed by atoms with E-state index in [0.717, 1.165) is 0 Å². The molecule has 0 saturated heterocycles. The van der Waals surface area contributed by atoms with Gasteiger partial charge in [0.25, 0.3) is 0 Å². The Labute approximate surface area is 59.1 Å². The second-order valence-corrected chi connectivity index (χ2v) is 2.03. The molecule has 0 fully saturated rings. The second-order valence-electron chi connectivity index (χ2n) is 2.03. The Hall–Kier alpha value is -1.25. The van der Waals surface area contributed by atoms with E-state index < -0.39 is 0 Å². The molecule has 3 nitrogen and oxygen atoms in total. The molecule has 10 heavy (non-hydrogen) atoms. The molecule has 1 radical (unpaired) electrons. The summed E-state index contributed by atoms with van der Waals surface area (Å²) in [5.41, 5.74) is 1.25. The van der Waals surface area contributed by atoms with Crippen LogP contribution in [0, 0.1) is 13.3 Å². The summed E-state index contributed by atoms with van der Waals surface area (Å²) in [6.07, 6.45) is 3.88. The highest BCUT2D eigenvalue weighted by atomic mass is 16.1. The van der Waals surface area contributed by atoms with Crippen molar-refractivity contribution in [2.24, 2.45) is 0 Å². The lowest BCUT2D eigenvalue weighted by molar-refractivity contribution is 0.101. The average Bonchev–Trinajstić information content (AvgIpc) is 1.88. The molecule has 0 spiro atoms. The van der Waals surface area contributed by atoms with E-state index in [2.05, 4.69) is 16.3 Å². The summed E-state index contributed by atoms with van der Waals surface area (Å²) in [6.45, 7) is 3.25. The molecule has 0 bridgehead atoms. The smallest absolute Gasteiger partial charge is 0.197 e. The SMILES string of the molecule is CC(=O)c1cn[c]nc1C. The van der Waals surface area contributed by atoms with E-state index in [-0.39, 0.29) is 5.78 Å². The van der Waals surface area contributed by atoms with Crippen molar-refractivity contribution < 1.29 is 4.79 Å². The molecule has 0 N–H and O–H groups in total. The number of Topliss-reactive ketones (excluding diaryl/α,β-unsaturated/α-hetero) is 1. The molecule has 0 atom stereocenters. The summed E-state index contributed by atoms with van der Waals surface area (Å²) < 4.78 is 0. The number of carbonyl (C=O) groups excluding carboxylic acids is 1. The summed E-state index contributed by atoms with van der Waals surface area (Å²) >= 11 is 0. The molecule has 0 saturated carbocycles. The molecule has 0 unspecified atom stereocenters. The number of aromatic nitrogens is 2. The fourth-order valence-electron chi connectivity index (χ4n) is 0.697. The number of hydrogen-bond donors (Lipinski definition) is 0. The van der Waals surface area contributed by atoms with Crippen LogP contribution in [-0.2, 0) is 0 Å². The van der Waals surface area contributed by atoms with Crippen molar-refractivity contribution in [3.8, 4) is 0 Å². The Bertz CT molecular complexity index is 258. The standard InChI is InChI=1S/C7H7N2O/c1-5-7(6(2)10)3-8-4-9-5/h3H,1-2H3. The fourth-order valence-corrected chi connectivity index (χ4v) is 0.697. The zero-order valence-corrected chi connectivity index (χ0v) is 5.88. The minimum atomic E-state index is -0.00787. The zero-order chi connectivity index (χ0) is 7.56. The van der Waals surface area contributed by atoms with Crippen molar-refractivity contribution in [1.82, 2.24) is 9.97 Å². The van der Waals surface area contributed by atoms with Crippen molar-refractivity contribution in [3.63, 3.8) is 0 Å². The normalized spacial score (nSPS) is 9.40. The van der Waals surface area contributed by atoms with Gasteiger partial charge in [0.1, 0.15) is 0 Å². The molecule has 1 rings (SSSR count). The second kappa shape index (κ2) is 2.56. The van der Waals surface area contributed by atoms with Gasteiger partial charge in [0.15, 0.2) is 12.1 Å². The van der Waals surface area contributed by atoms with Gasteiger partial charge < -0.3 is 0 Å². The molecule has 1 aromatic heterocycles. The summed E-state index contributed by atoms with van der Waals surface area (Å²) in [5, 5.41) is 0. The molecule has 0 aliphatic carbocycles. The van der Waals surface area contributed by atoms with Crippen LogP contribution < -0.4 is 0 Å². The zero-order valence-electron chi connectivity index (χ0n) is 5.88. The third-order valence-corrected chi connectivity index (χ3v) is 1.24. The van der Waals surface area contributed by atoms with E-state index >= 15 is 0 Å². The summed E-state index contributed by atoms with van der Waals surface area (Å²) in [6, 6.07) is 0. The van der Waals surface area contributed by atoms with Crippen LogP contribution in [0.1, 0.15) is 23.0 Å². The third-order valence-electron chi connectivity index (χ3n) is 1.24. The summed E-state index contributed by atoms with van der Waals surface area (Å²) in [4.78, 5) is 18.1. The molecular formula is C7H7N2O. The summed E-state index contributed by atoms with van der Waals surface area (Å²) in [5.74, 6) is -0.00787. The number of hydrogen-bond acceptors (Lipinski definition) is 3. The first kappa shape index (κ1) is 6.86. The van der Waals surface area contributed by atoms with Gasteiger partial charge in [-0.2, -0.15) is 0 Å². The molecule has 0 aliphatic heterocycles. The van der Waals surface area contributed by atoms with Gasteiger partial charge in [-0.3, -0.25) is 4.79 Å². The maximum absolute atomic E-state index is 10.8. The van der Waals surface area contributed by atoms with Crippen LogP contribution in [0.25, 0.3) is 0 Å². The van der Waals surface area contributed by atoms with E-state index in [1.807, 2.05) is 0 Å². The van der Waals surface area contributed by atoms with Gasteiger partial charge in [-0.25, -0.2) is 9.97 Å². The Kier molecular flexibility index (Phi) is 1.76. The molecule has 0 aliphatic rings. The van der Waals surface area contributed by atoms with Gasteiger partial charge in [0.2, 0.25) is 0 Å². The lowest BCUT2D eigenvalue weighted by Gasteiger charge is -1.95. The molecule has 3 heteroatoms. The van der Waals surface area contributed by atoms with Crippen LogP contribution in [0.15, 0.2) is 6.20 Å². The lowest BCUT2D eigenvalue weighted by Crippen LogP contribution is -1.98. The molecular weight excluding hydrogens is 128 g/mol. The maximum Gasteiger partial charge on any atom is 0.197 e. The minimum Gasteiger partial charge on any atom is -0.294 e. The van der Waals surface area contributed by atoms with Gasteiger partial charge in [0.05, 0.1) is 11.3 Å². The number of rotatable bonds is 1. The molecule has 1 aromatic rings. The summed E-state index contributed by atoms with van der Waals surface area (Å²) in [7, 11) is 0. The number of aryl methyl sites for hydroxylation is 1. The Morgan fingerprint density at radius 2 is 2.40 bits per heavy atom. The van der Waals surface area contributed by atoms with Gasteiger partial charge in [-0.05, 0) is 13.8 Å². The predicted molar refractivity (Wildman–Crippen MR) is 35.6 cm³/mol. The highest BCUT2D eigenvalue weighted by Gasteiger charge is 2.02. The van der Waals surface area contributed by atoms with Crippen molar-refractivity contribution >= 4 is 5.78 Å². The first-order chi connectivity index (χ1) is 4.72. The van der Waals surface area contributed by atoms with Crippen LogP contribution >= 0.6 is 0 Å². The average molecular weight is 135 g/mol. The highest BCUT2D eigenvalue weighted by molar-refractivity contribution is 5.94. The van der Waals surface area contributed by atoms with Gasteiger partial charge in [0, 0.05) is 6.20 Å². The largest absolute Gasteiger partial charge is 0.294 e. The molecule has 0 aromatic carbocycles. The Morgan fingerprint density at radius 3 is 2.80 bits per heavy atom. The van der Waals surface area contributed by atoms with E-state index in [1.165, 1.54) is 13.1 Å². The van der Waals surface area contributed by atoms with E-state index in [1.54, 1.807) is 6.92 Å². The number of nitrogens with zero attached hydrogens (tertiary/aromatic N) is 2. The Morgan fingerprint density at radius 1 is 1.70 bits per heavy atom. The van der Waals surface area contributed by atoms with Crippen LogP contribution in [0.3, 0.4) is 0 Å². The number of carbonyl (C=O) groups is 1. The van der Waals surface area contributed by atoms with E-state index in [0.29, 0.717) is 11.3 Å². The van der Waals surface area contributed by atoms with E-state index in [9.17, 15) is 4.79 Å². The lowest BCUT2D eigenvalue weighted by atomic mass is 10.2. The van der Waals surface area contributed by atoms with Crippen molar-refractivity contribution in [2.45, 2.75) is 13.8 Å². The predicted octanol–water partition coefficient (Wildman–Crippen LogP) is 0.788.